The lowest BCUT2D eigenvalue weighted by Crippen LogP contribution is -2.55. The van der Waals surface area contributed by atoms with E-state index in [1.54, 1.807) is 4.90 Å². The molecule has 4 amide bonds. The van der Waals surface area contributed by atoms with E-state index in [0.29, 0.717) is 67.0 Å². The van der Waals surface area contributed by atoms with Crippen LogP contribution in [0.25, 0.3) is 22.3 Å². The number of benzene rings is 3. The molecule has 3 atom stereocenters. The smallest absolute Gasteiger partial charge is 0.255 e. The zero-order chi connectivity index (χ0) is 45.2. The first kappa shape index (κ1) is 43.6. The minimum absolute atomic E-state index is 0.0763. The number of nitrogens with zero attached hydrogens (tertiary/aromatic N) is 8. The Hall–Kier alpha value is -6.66. The number of piperidine rings is 1. The van der Waals surface area contributed by atoms with E-state index in [1.165, 1.54) is 25.6 Å². The Kier molecular flexibility index (Phi) is 12.6. The number of hydrogen-bond acceptors (Lipinski definition) is 12. The van der Waals surface area contributed by atoms with Crippen LogP contribution in [0, 0.1) is 5.82 Å². The van der Waals surface area contributed by atoms with Crippen molar-refractivity contribution in [2.45, 2.75) is 76.3 Å². The zero-order valence-corrected chi connectivity index (χ0v) is 36.4. The Labute approximate surface area is 375 Å². The molecule has 2 aromatic heterocycles. The molecule has 0 radical (unpaired) electrons. The van der Waals surface area contributed by atoms with Crippen LogP contribution >= 0.6 is 0 Å². The van der Waals surface area contributed by atoms with Gasteiger partial charge in [0, 0.05) is 82.0 Å². The minimum atomic E-state index is -1.05. The van der Waals surface area contributed by atoms with E-state index >= 15 is 0 Å². The molecule has 9 rings (SSSR count). The molecule has 5 aromatic rings. The van der Waals surface area contributed by atoms with Gasteiger partial charge in [0.25, 0.3) is 11.8 Å². The number of hydrogen-bond donors (Lipinski definition) is 4. The molecule has 3 fully saturated rings. The summed E-state index contributed by atoms with van der Waals surface area (Å²) in [5.74, 6) is -0.533. The summed E-state index contributed by atoms with van der Waals surface area (Å²) in [5, 5.41) is 21.4. The maximum atomic E-state index is 13.8. The number of fused-ring (bicyclic) bond motifs is 2. The maximum absolute atomic E-state index is 13.8. The van der Waals surface area contributed by atoms with Crippen molar-refractivity contribution in [2.75, 3.05) is 63.6 Å². The first-order valence-corrected chi connectivity index (χ1v) is 22.4. The fourth-order valence-electron chi connectivity index (χ4n) is 9.60. The maximum Gasteiger partial charge on any atom is 0.255 e. The number of nitrogen functional groups attached to an aromatic ring is 1. The molecule has 4 aliphatic rings. The summed E-state index contributed by atoms with van der Waals surface area (Å²) in [6, 6.07) is 16.9. The zero-order valence-electron chi connectivity index (χ0n) is 36.4. The fourth-order valence-corrected chi connectivity index (χ4v) is 9.60. The highest BCUT2D eigenvalue weighted by atomic mass is 19.1. The van der Waals surface area contributed by atoms with Crippen molar-refractivity contribution in [1.29, 1.82) is 0 Å². The van der Waals surface area contributed by atoms with Gasteiger partial charge >= 0.3 is 0 Å². The van der Waals surface area contributed by atoms with Crippen LogP contribution < -0.4 is 26.0 Å². The van der Waals surface area contributed by atoms with Crippen LogP contribution in [0.2, 0.25) is 0 Å². The fraction of sp³-hybridized carbons (Fsp3) is 0.426. The molecule has 0 aliphatic carbocycles. The second-order valence-corrected chi connectivity index (χ2v) is 17.3. The average Bonchev–Trinajstić information content (AvgIpc) is 4.05. The number of unbranched alkanes of at least 4 members (excludes halogenated alkanes) is 2. The number of amides is 4. The van der Waals surface area contributed by atoms with Crippen LogP contribution in [0.5, 0.6) is 5.75 Å². The molecule has 5 N–H and O–H groups in total. The van der Waals surface area contributed by atoms with Gasteiger partial charge in [-0.15, -0.1) is 0 Å². The number of ether oxygens (including phenoxy) is 1. The standard InChI is InChI=1S/C47H54FN11O6/c1-65-38-14-10-32(48)24-36(38)45(62)50-25-29-6-8-30(9-7-29)42-41-43(49)51-28-52-44(41)59(54-42)34-16-18-57(27-34)40(61)5-3-2-4-17-55-19-21-56(22-20-55)33-11-12-35-31(23-33)26-58(47(35)64)37-13-15-39(60)53-46(37)63/h6-12,14,23-24,28,34,37,46,63H,2-5,13,15-22,25-27H2,1H3,(H,50,62)(H,53,60)(H2,49,51,52)/t34?,37-,46?/m0/s1. The van der Waals surface area contributed by atoms with Crippen LogP contribution in [0.15, 0.2) is 67.0 Å². The van der Waals surface area contributed by atoms with Gasteiger partial charge in [0.15, 0.2) is 5.65 Å². The predicted molar refractivity (Wildman–Crippen MR) is 240 cm³/mol. The van der Waals surface area contributed by atoms with Gasteiger partial charge in [-0.25, -0.2) is 19.0 Å². The lowest BCUT2D eigenvalue weighted by atomic mass is 10.0. The Morgan fingerprint density at radius 2 is 1.78 bits per heavy atom. The Morgan fingerprint density at radius 1 is 0.969 bits per heavy atom. The summed E-state index contributed by atoms with van der Waals surface area (Å²) in [4.78, 5) is 68.4. The summed E-state index contributed by atoms with van der Waals surface area (Å²) in [6.07, 6.45) is 5.16. The Balaban J connectivity index is 0.723. The van der Waals surface area contributed by atoms with Crippen LogP contribution in [0.1, 0.15) is 82.8 Å². The van der Waals surface area contributed by atoms with E-state index in [2.05, 4.69) is 36.5 Å². The molecule has 0 bridgehead atoms. The van der Waals surface area contributed by atoms with Gasteiger partial charge < -0.3 is 40.9 Å². The van der Waals surface area contributed by atoms with Crippen molar-refractivity contribution < 1.29 is 33.4 Å². The topological polar surface area (TPSA) is 204 Å². The van der Waals surface area contributed by atoms with E-state index in [4.69, 9.17) is 15.6 Å². The van der Waals surface area contributed by atoms with E-state index < -0.39 is 24.0 Å². The molecule has 17 nitrogen and oxygen atoms in total. The largest absolute Gasteiger partial charge is 0.496 e. The number of aliphatic hydroxyl groups excluding tert-OH is 1. The number of carbonyl (C=O) groups is 4. The van der Waals surface area contributed by atoms with Crippen molar-refractivity contribution in [3.63, 3.8) is 0 Å². The van der Waals surface area contributed by atoms with E-state index in [9.17, 15) is 28.7 Å². The first-order valence-electron chi connectivity index (χ1n) is 22.4. The number of likely N-dealkylation sites (tertiary alicyclic amines) is 1. The van der Waals surface area contributed by atoms with Crippen LogP contribution in [0.4, 0.5) is 15.9 Å². The molecule has 0 saturated carbocycles. The quantitative estimate of drug-likeness (QED) is 0.118. The summed E-state index contributed by atoms with van der Waals surface area (Å²) < 4.78 is 20.9. The third kappa shape index (κ3) is 9.18. The number of anilines is 2. The number of halogens is 1. The second-order valence-electron chi connectivity index (χ2n) is 17.3. The van der Waals surface area contributed by atoms with E-state index in [-0.39, 0.29) is 41.6 Å². The number of nitrogens with one attached hydrogen (secondary N) is 2. The molecular formula is C47H54FN11O6. The van der Waals surface area contributed by atoms with Gasteiger partial charge in [0.2, 0.25) is 11.8 Å². The summed E-state index contributed by atoms with van der Waals surface area (Å²) in [7, 11) is 1.43. The molecule has 6 heterocycles. The summed E-state index contributed by atoms with van der Waals surface area (Å²) in [5.41, 5.74) is 12.1. The number of piperazine rings is 1. The number of rotatable bonds is 14. The van der Waals surface area contributed by atoms with Gasteiger partial charge in [-0.2, -0.15) is 5.10 Å². The van der Waals surface area contributed by atoms with Crippen LogP contribution in [-0.2, 0) is 22.7 Å². The highest BCUT2D eigenvalue weighted by Gasteiger charge is 2.39. The average molecular weight is 888 g/mol. The number of nitrogens with two attached hydrogens (primary N) is 1. The minimum Gasteiger partial charge on any atom is -0.496 e. The van der Waals surface area contributed by atoms with Gasteiger partial charge in [0.05, 0.1) is 30.1 Å². The van der Waals surface area contributed by atoms with Gasteiger partial charge in [-0.1, -0.05) is 30.7 Å². The van der Waals surface area contributed by atoms with E-state index in [0.717, 1.165) is 86.9 Å². The van der Waals surface area contributed by atoms with Gasteiger partial charge in [-0.3, -0.25) is 24.1 Å². The summed E-state index contributed by atoms with van der Waals surface area (Å²) in [6.45, 7) is 6.42. The van der Waals surface area contributed by atoms with Crippen molar-refractivity contribution in [3.05, 3.63) is 95.1 Å². The molecule has 2 unspecified atom stereocenters. The normalized spacial score (nSPS) is 20.0. The van der Waals surface area contributed by atoms with Crippen molar-refractivity contribution >= 4 is 46.2 Å². The number of aromatic nitrogens is 4. The number of aliphatic hydroxyl groups is 1. The molecular weight excluding hydrogens is 834 g/mol. The van der Waals surface area contributed by atoms with Crippen LogP contribution in [0.3, 0.4) is 0 Å². The number of methoxy groups -OCH3 is 1. The van der Waals surface area contributed by atoms with E-state index in [1.807, 2.05) is 46.0 Å². The van der Waals surface area contributed by atoms with Gasteiger partial charge in [0.1, 0.15) is 35.6 Å². The lowest BCUT2D eigenvalue weighted by Gasteiger charge is -2.36. The summed E-state index contributed by atoms with van der Waals surface area (Å²) >= 11 is 0. The van der Waals surface area contributed by atoms with Crippen LogP contribution in [-0.4, -0.2) is 128 Å². The third-order valence-corrected chi connectivity index (χ3v) is 13.2. The Morgan fingerprint density at radius 3 is 2.57 bits per heavy atom. The SMILES string of the molecule is COc1ccc(F)cc1C(=O)NCc1ccc(-c2nn(C3CCN(C(=O)CCCCCN4CCN(c5ccc6c(c5)CN([C@H]5CCC(=O)NC5O)C6=O)CC4)C3)c3ncnc(N)c23)cc1. The Bertz CT molecular complexity index is 2600. The van der Waals surface area contributed by atoms with Crippen molar-refractivity contribution in [3.8, 4) is 17.0 Å². The molecule has 18 heteroatoms. The molecule has 3 aromatic carbocycles. The first-order chi connectivity index (χ1) is 31.5. The molecule has 4 aliphatic heterocycles. The third-order valence-electron chi connectivity index (χ3n) is 13.2. The molecule has 65 heavy (non-hydrogen) atoms. The number of carbonyl (C=O) groups excluding carboxylic acids is 4. The highest BCUT2D eigenvalue weighted by molar-refractivity contribution is 6.00. The predicted octanol–water partition coefficient (Wildman–Crippen LogP) is 3.86. The van der Waals surface area contributed by atoms with Crippen molar-refractivity contribution in [1.82, 2.24) is 45.1 Å². The lowest BCUT2D eigenvalue weighted by molar-refractivity contribution is -0.130. The molecule has 3 saturated heterocycles. The highest BCUT2D eigenvalue weighted by Crippen LogP contribution is 2.35. The molecule has 0 spiro atoms. The van der Waals surface area contributed by atoms with Gasteiger partial charge in [-0.05, 0) is 79.8 Å². The molecule has 340 valence electrons. The second kappa shape index (κ2) is 18.8. The van der Waals surface area contributed by atoms with Crippen molar-refractivity contribution in [2.24, 2.45) is 0 Å². The monoisotopic (exact) mass is 887 g/mol.